The van der Waals surface area contributed by atoms with Crippen LogP contribution in [-0.2, 0) is 5.75 Å². The van der Waals surface area contributed by atoms with Crippen LogP contribution in [0.3, 0.4) is 0 Å². The molecule has 2 aromatic carbocycles. The molecule has 0 atom stereocenters. The lowest BCUT2D eigenvalue weighted by atomic mass is 10.2. The van der Waals surface area contributed by atoms with Crippen molar-refractivity contribution < 1.29 is 14.1 Å². The highest BCUT2D eigenvalue weighted by Gasteiger charge is 2.24. The van der Waals surface area contributed by atoms with Crippen LogP contribution in [0.25, 0.3) is 0 Å². The maximum absolute atomic E-state index is 13.2. The molecule has 1 amide bonds. The van der Waals surface area contributed by atoms with Gasteiger partial charge in [0.25, 0.3) is 5.91 Å². The third kappa shape index (κ3) is 5.86. The van der Waals surface area contributed by atoms with Gasteiger partial charge in [0.15, 0.2) is 5.82 Å². The van der Waals surface area contributed by atoms with Gasteiger partial charge in [0.1, 0.15) is 12.4 Å². The van der Waals surface area contributed by atoms with E-state index in [1.807, 2.05) is 59.5 Å². The van der Waals surface area contributed by atoms with E-state index in [1.54, 1.807) is 18.7 Å². The molecule has 0 radical (unpaired) electrons. The van der Waals surface area contributed by atoms with Crippen LogP contribution >= 0.6 is 11.8 Å². The van der Waals surface area contributed by atoms with Gasteiger partial charge in [0.05, 0.1) is 11.3 Å². The van der Waals surface area contributed by atoms with E-state index in [0.717, 1.165) is 35.8 Å². The van der Waals surface area contributed by atoms with Gasteiger partial charge in [-0.25, -0.2) is 0 Å². The molecular formula is C23H26N4O3S. The summed E-state index contributed by atoms with van der Waals surface area (Å²) >= 11 is 1.56. The zero-order valence-electron chi connectivity index (χ0n) is 17.6. The van der Waals surface area contributed by atoms with E-state index >= 15 is 0 Å². The summed E-state index contributed by atoms with van der Waals surface area (Å²) in [7, 11) is 0. The van der Waals surface area contributed by atoms with Crippen molar-refractivity contribution in [1.82, 2.24) is 19.9 Å². The van der Waals surface area contributed by atoms with Crippen molar-refractivity contribution >= 4 is 17.7 Å². The number of para-hydroxylation sites is 1. The summed E-state index contributed by atoms with van der Waals surface area (Å²) in [4.78, 5) is 22.6. The first-order valence-electron chi connectivity index (χ1n) is 10.4. The molecule has 1 saturated heterocycles. The number of hydrogen-bond acceptors (Lipinski definition) is 7. The number of aromatic nitrogens is 2. The number of amides is 1. The molecule has 7 nitrogen and oxygen atoms in total. The molecule has 0 saturated carbocycles. The summed E-state index contributed by atoms with van der Waals surface area (Å²) in [6.07, 6.45) is 0. The molecule has 0 bridgehead atoms. The van der Waals surface area contributed by atoms with Gasteiger partial charge in [-0.2, -0.15) is 4.98 Å². The zero-order valence-corrected chi connectivity index (χ0v) is 18.4. The lowest BCUT2D eigenvalue weighted by molar-refractivity contribution is 0.0617. The number of carbonyl (C=O) groups is 1. The van der Waals surface area contributed by atoms with Crippen LogP contribution in [0.4, 0.5) is 0 Å². The Hall–Kier alpha value is -2.84. The molecule has 1 aromatic heterocycles. The number of rotatable bonds is 8. The van der Waals surface area contributed by atoms with Crippen LogP contribution in [0.1, 0.15) is 22.1 Å². The smallest absolute Gasteiger partial charge is 0.255 e. The van der Waals surface area contributed by atoms with E-state index in [9.17, 15) is 4.79 Å². The van der Waals surface area contributed by atoms with Crippen molar-refractivity contribution in [3.63, 3.8) is 0 Å². The number of ether oxygens (including phenoxy) is 1. The summed E-state index contributed by atoms with van der Waals surface area (Å²) in [6.45, 7) is 6.40. The second-order valence-electron chi connectivity index (χ2n) is 7.31. The lowest BCUT2D eigenvalue weighted by Crippen LogP contribution is -2.49. The largest absolute Gasteiger partial charge is 0.492 e. The predicted molar refractivity (Wildman–Crippen MR) is 119 cm³/mol. The van der Waals surface area contributed by atoms with Crippen molar-refractivity contribution in [3.8, 4) is 5.75 Å². The van der Waals surface area contributed by atoms with Crippen LogP contribution < -0.4 is 4.74 Å². The number of benzene rings is 2. The Morgan fingerprint density at radius 1 is 1.06 bits per heavy atom. The number of piperazine rings is 1. The molecule has 1 fully saturated rings. The van der Waals surface area contributed by atoms with Crippen LogP contribution in [0.5, 0.6) is 5.75 Å². The van der Waals surface area contributed by atoms with Gasteiger partial charge in [-0.05, 0) is 24.3 Å². The fourth-order valence-corrected chi connectivity index (χ4v) is 4.35. The monoisotopic (exact) mass is 438 g/mol. The fourth-order valence-electron chi connectivity index (χ4n) is 3.47. The SMILES string of the molecule is Cc1nc(CSc2ccccc2C(=O)N2CCN(CCOc3ccccc3)CC2)no1. The standard InChI is InChI=1S/C23H26N4O3S/c1-18-24-22(25-30-18)17-31-21-10-6-5-9-20(21)23(28)27-13-11-26(12-14-27)15-16-29-19-7-3-2-4-8-19/h2-10H,11-17H2,1H3. The van der Waals surface area contributed by atoms with E-state index in [1.165, 1.54) is 0 Å². The molecule has 1 aliphatic heterocycles. The first kappa shape index (κ1) is 21.4. The van der Waals surface area contributed by atoms with E-state index < -0.39 is 0 Å². The zero-order chi connectivity index (χ0) is 21.5. The average molecular weight is 439 g/mol. The molecule has 4 rings (SSSR count). The normalized spacial score (nSPS) is 14.5. The predicted octanol–water partition coefficient (Wildman–Crippen LogP) is 3.51. The van der Waals surface area contributed by atoms with Crippen LogP contribution in [0.2, 0.25) is 0 Å². The van der Waals surface area contributed by atoms with E-state index in [2.05, 4.69) is 15.0 Å². The molecule has 1 aliphatic rings. The number of carbonyl (C=O) groups excluding carboxylic acids is 1. The molecule has 31 heavy (non-hydrogen) atoms. The van der Waals surface area contributed by atoms with Crippen LogP contribution in [-0.4, -0.2) is 65.2 Å². The van der Waals surface area contributed by atoms with Gasteiger partial charge < -0.3 is 14.2 Å². The quantitative estimate of drug-likeness (QED) is 0.499. The van der Waals surface area contributed by atoms with Crippen LogP contribution in [0.15, 0.2) is 64.0 Å². The van der Waals surface area contributed by atoms with Crippen molar-refractivity contribution in [2.45, 2.75) is 17.6 Å². The minimum Gasteiger partial charge on any atom is -0.492 e. The van der Waals surface area contributed by atoms with Gasteiger partial charge in [0.2, 0.25) is 5.89 Å². The highest BCUT2D eigenvalue weighted by atomic mass is 32.2. The summed E-state index contributed by atoms with van der Waals surface area (Å²) in [5.74, 6) is 2.72. The van der Waals surface area contributed by atoms with E-state index in [-0.39, 0.29) is 5.91 Å². The topological polar surface area (TPSA) is 71.7 Å². The van der Waals surface area contributed by atoms with E-state index in [4.69, 9.17) is 9.26 Å². The van der Waals surface area contributed by atoms with Crippen LogP contribution in [0, 0.1) is 6.92 Å². The first-order valence-corrected chi connectivity index (χ1v) is 11.4. The van der Waals surface area contributed by atoms with Gasteiger partial charge in [-0.3, -0.25) is 9.69 Å². The third-order valence-corrected chi connectivity index (χ3v) is 6.19. The van der Waals surface area contributed by atoms with Gasteiger partial charge in [-0.15, -0.1) is 11.8 Å². The molecule has 3 aromatic rings. The molecule has 0 aliphatic carbocycles. The summed E-state index contributed by atoms with van der Waals surface area (Å²) in [5.41, 5.74) is 0.730. The maximum atomic E-state index is 13.2. The van der Waals surface area contributed by atoms with Gasteiger partial charge in [0, 0.05) is 44.5 Å². The highest BCUT2D eigenvalue weighted by Crippen LogP contribution is 2.27. The van der Waals surface area contributed by atoms with Gasteiger partial charge >= 0.3 is 0 Å². The van der Waals surface area contributed by atoms with Crippen molar-refractivity contribution in [1.29, 1.82) is 0 Å². The summed E-state index contributed by atoms with van der Waals surface area (Å²) < 4.78 is 10.8. The Morgan fingerprint density at radius 3 is 2.55 bits per heavy atom. The minimum atomic E-state index is 0.0765. The third-order valence-electron chi connectivity index (χ3n) is 5.12. The maximum Gasteiger partial charge on any atom is 0.255 e. The Labute approximate surface area is 186 Å². The molecule has 0 unspecified atom stereocenters. The highest BCUT2D eigenvalue weighted by molar-refractivity contribution is 7.98. The molecule has 0 N–H and O–H groups in total. The molecule has 2 heterocycles. The molecule has 162 valence electrons. The van der Waals surface area contributed by atoms with Crippen molar-refractivity contribution in [3.05, 3.63) is 71.9 Å². The molecular weight excluding hydrogens is 412 g/mol. The average Bonchev–Trinajstić information content (AvgIpc) is 3.24. The molecule has 0 spiro atoms. The second kappa shape index (κ2) is 10.5. The Balaban J connectivity index is 1.27. The Bertz CT molecular complexity index is 987. The minimum absolute atomic E-state index is 0.0765. The lowest BCUT2D eigenvalue weighted by Gasteiger charge is -2.35. The summed E-state index contributed by atoms with van der Waals surface area (Å²) in [6, 6.07) is 17.6. The second-order valence-corrected chi connectivity index (χ2v) is 8.33. The van der Waals surface area contributed by atoms with Crippen molar-refractivity contribution in [2.75, 3.05) is 39.3 Å². The number of thioether (sulfide) groups is 1. The first-order chi connectivity index (χ1) is 15.2. The fraction of sp³-hybridized carbons (Fsp3) is 0.348. The van der Waals surface area contributed by atoms with Gasteiger partial charge in [-0.1, -0.05) is 35.5 Å². The Morgan fingerprint density at radius 2 is 1.81 bits per heavy atom. The molecule has 8 heteroatoms. The number of hydrogen-bond donors (Lipinski definition) is 0. The Kier molecular flexibility index (Phi) is 7.22. The number of aryl methyl sites for hydroxylation is 1. The summed E-state index contributed by atoms with van der Waals surface area (Å²) in [5, 5.41) is 3.93. The van der Waals surface area contributed by atoms with Crippen molar-refractivity contribution in [2.24, 2.45) is 0 Å². The number of nitrogens with zero attached hydrogens (tertiary/aromatic N) is 4. The van der Waals surface area contributed by atoms with E-state index in [0.29, 0.717) is 37.2 Å².